The molecule has 3 aromatic rings. The van der Waals surface area contributed by atoms with Gasteiger partial charge in [0.05, 0.1) is 48.4 Å². The van der Waals surface area contributed by atoms with Crippen LogP contribution in [-0.2, 0) is 27.4 Å². The molecule has 1 amide bonds. The van der Waals surface area contributed by atoms with Gasteiger partial charge in [-0.2, -0.15) is 0 Å². The van der Waals surface area contributed by atoms with Crippen LogP contribution < -0.4 is 5.32 Å². The zero-order valence-electron chi connectivity index (χ0n) is 16.3. The largest absolute Gasteiger partial charge is 0.467 e. The van der Waals surface area contributed by atoms with Crippen molar-refractivity contribution < 1.29 is 23.5 Å². The molecule has 0 spiro atoms. The Hall–Kier alpha value is -2.78. The van der Waals surface area contributed by atoms with E-state index < -0.39 is 0 Å². The molecule has 0 fully saturated rings. The van der Waals surface area contributed by atoms with Crippen molar-refractivity contribution in [3.05, 3.63) is 47.9 Å². The number of furan rings is 1. The molecular weight excluding hydrogens is 394 g/mol. The quantitative estimate of drug-likeness (QED) is 0.400. The van der Waals surface area contributed by atoms with E-state index in [9.17, 15) is 9.59 Å². The molecule has 8 nitrogen and oxygen atoms in total. The van der Waals surface area contributed by atoms with Crippen molar-refractivity contribution >= 4 is 34.7 Å². The highest BCUT2D eigenvalue weighted by atomic mass is 32.2. The van der Waals surface area contributed by atoms with E-state index in [1.807, 2.05) is 10.6 Å². The molecule has 1 aromatic carbocycles. The van der Waals surface area contributed by atoms with Gasteiger partial charge >= 0.3 is 5.97 Å². The van der Waals surface area contributed by atoms with Gasteiger partial charge in [-0.15, -0.1) is 0 Å². The number of hydrogen-bond donors (Lipinski definition) is 1. The average Bonchev–Trinajstić information content (AvgIpc) is 3.36. The number of ether oxygens (including phenoxy) is 2. The second-order valence-corrected chi connectivity index (χ2v) is 7.05. The van der Waals surface area contributed by atoms with E-state index in [2.05, 4.69) is 10.3 Å². The summed E-state index contributed by atoms with van der Waals surface area (Å²) in [4.78, 5) is 28.8. The summed E-state index contributed by atoms with van der Waals surface area (Å²) in [6.45, 7) is 3.51. The second-order valence-electron chi connectivity index (χ2n) is 6.11. The minimum atomic E-state index is -0.382. The summed E-state index contributed by atoms with van der Waals surface area (Å²) >= 11 is 1.33. The van der Waals surface area contributed by atoms with Gasteiger partial charge < -0.3 is 23.8 Å². The lowest BCUT2D eigenvalue weighted by molar-refractivity contribution is -0.118. The number of methoxy groups -OCH3 is 1. The molecule has 0 saturated heterocycles. The van der Waals surface area contributed by atoms with Gasteiger partial charge in [0.2, 0.25) is 5.91 Å². The topological polar surface area (TPSA) is 95.6 Å². The van der Waals surface area contributed by atoms with Crippen molar-refractivity contribution in [1.29, 1.82) is 0 Å². The fraction of sp³-hybridized carbons (Fsp3) is 0.350. The number of carbonyl (C=O) groups excluding carboxylic acids is 2. The first-order valence-electron chi connectivity index (χ1n) is 9.20. The van der Waals surface area contributed by atoms with E-state index in [0.29, 0.717) is 48.3 Å². The molecule has 2 heterocycles. The number of benzene rings is 1. The van der Waals surface area contributed by atoms with Crippen LogP contribution in [0.4, 0.5) is 0 Å². The zero-order chi connectivity index (χ0) is 20.6. The van der Waals surface area contributed by atoms with E-state index in [-0.39, 0.29) is 17.6 Å². The predicted octanol–water partition coefficient (Wildman–Crippen LogP) is 2.86. The standard InChI is InChI=1S/C20H23N3O5S/c1-3-27-19(25)14-6-7-17-16(11-14)22-20(23(17)8-10-26-2)29-13-18(24)21-12-15-5-4-9-28-15/h4-7,9,11H,3,8,10,12-13H2,1-2H3,(H,21,24). The SMILES string of the molecule is CCOC(=O)c1ccc2c(c1)nc(SCC(=O)NCc1ccco1)n2CCOC. The number of imidazole rings is 1. The monoisotopic (exact) mass is 417 g/mol. The number of fused-ring (bicyclic) bond motifs is 1. The number of esters is 1. The normalized spacial score (nSPS) is 11.0. The third-order valence-corrected chi connectivity index (χ3v) is 5.09. The number of carbonyl (C=O) groups is 2. The van der Waals surface area contributed by atoms with Gasteiger partial charge in [0, 0.05) is 13.7 Å². The van der Waals surface area contributed by atoms with E-state index in [4.69, 9.17) is 13.9 Å². The van der Waals surface area contributed by atoms with E-state index in [0.717, 1.165) is 5.52 Å². The number of rotatable bonds is 10. The lowest BCUT2D eigenvalue weighted by Gasteiger charge is -2.08. The van der Waals surface area contributed by atoms with Crippen molar-refractivity contribution in [1.82, 2.24) is 14.9 Å². The molecule has 9 heteroatoms. The number of thioether (sulfide) groups is 1. The van der Waals surface area contributed by atoms with Crippen molar-refractivity contribution in [2.24, 2.45) is 0 Å². The summed E-state index contributed by atoms with van der Waals surface area (Å²) in [6, 6.07) is 8.84. The molecule has 0 bridgehead atoms. The molecule has 154 valence electrons. The highest BCUT2D eigenvalue weighted by molar-refractivity contribution is 7.99. The minimum Gasteiger partial charge on any atom is -0.467 e. The first-order valence-corrected chi connectivity index (χ1v) is 10.2. The van der Waals surface area contributed by atoms with Gasteiger partial charge in [-0.3, -0.25) is 4.79 Å². The molecule has 1 N–H and O–H groups in total. The van der Waals surface area contributed by atoms with E-state index in [1.54, 1.807) is 44.6 Å². The van der Waals surface area contributed by atoms with Crippen molar-refractivity contribution in [2.75, 3.05) is 26.1 Å². The minimum absolute atomic E-state index is 0.121. The lowest BCUT2D eigenvalue weighted by Crippen LogP contribution is -2.24. The maximum absolute atomic E-state index is 12.2. The Morgan fingerprint density at radius 1 is 1.31 bits per heavy atom. The first-order chi connectivity index (χ1) is 14.1. The first kappa shape index (κ1) is 20.9. The van der Waals surface area contributed by atoms with Crippen LogP contribution in [0.1, 0.15) is 23.0 Å². The molecule has 3 rings (SSSR count). The average molecular weight is 417 g/mol. The summed E-state index contributed by atoms with van der Waals surface area (Å²) in [7, 11) is 1.63. The Morgan fingerprint density at radius 3 is 2.90 bits per heavy atom. The van der Waals surface area contributed by atoms with Gasteiger partial charge in [0.15, 0.2) is 5.16 Å². The van der Waals surface area contributed by atoms with Gasteiger partial charge in [-0.25, -0.2) is 9.78 Å². The summed E-state index contributed by atoms with van der Waals surface area (Å²) in [5, 5.41) is 3.50. The molecular formula is C20H23N3O5S. The highest BCUT2D eigenvalue weighted by Crippen LogP contribution is 2.25. The predicted molar refractivity (Wildman–Crippen MR) is 109 cm³/mol. The molecule has 0 aliphatic heterocycles. The fourth-order valence-corrected chi connectivity index (χ4v) is 3.61. The number of nitrogens with zero attached hydrogens (tertiary/aromatic N) is 2. The Bertz CT molecular complexity index is 968. The smallest absolute Gasteiger partial charge is 0.338 e. The van der Waals surface area contributed by atoms with Gasteiger partial charge in [0.25, 0.3) is 0 Å². The molecule has 0 saturated carbocycles. The summed E-state index contributed by atoms with van der Waals surface area (Å²) in [6.07, 6.45) is 1.57. The molecule has 0 unspecified atom stereocenters. The summed E-state index contributed by atoms with van der Waals surface area (Å²) < 4.78 is 17.4. The number of nitrogens with one attached hydrogen (secondary N) is 1. The number of hydrogen-bond acceptors (Lipinski definition) is 7. The molecule has 2 aromatic heterocycles. The van der Waals surface area contributed by atoms with Gasteiger partial charge in [-0.05, 0) is 37.3 Å². The number of amides is 1. The maximum Gasteiger partial charge on any atom is 0.338 e. The van der Waals surface area contributed by atoms with Crippen molar-refractivity contribution in [2.45, 2.75) is 25.2 Å². The molecule has 0 atom stereocenters. The molecule has 0 aliphatic carbocycles. The van der Waals surface area contributed by atoms with Gasteiger partial charge in [-0.1, -0.05) is 11.8 Å². The zero-order valence-corrected chi connectivity index (χ0v) is 17.2. The van der Waals surface area contributed by atoms with Gasteiger partial charge in [0.1, 0.15) is 5.76 Å². The fourth-order valence-electron chi connectivity index (χ4n) is 2.74. The summed E-state index contributed by atoms with van der Waals surface area (Å²) in [5.74, 6) is 0.403. The Labute approximate surface area is 172 Å². The Morgan fingerprint density at radius 2 is 2.17 bits per heavy atom. The lowest BCUT2D eigenvalue weighted by atomic mass is 10.2. The number of aromatic nitrogens is 2. The van der Waals surface area contributed by atoms with Crippen LogP contribution >= 0.6 is 11.8 Å². The van der Waals surface area contributed by atoms with Crippen LogP contribution in [0.5, 0.6) is 0 Å². The van der Waals surface area contributed by atoms with Crippen LogP contribution in [0.15, 0.2) is 46.2 Å². The Balaban J connectivity index is 1.73. The summed E-state index contributed by atoms with van der Waals surface area (Å²) in [5.41, 5.74) is 1.99. The maximum atomic E-state index is 12.2. The third-order valence-electron chi connectivity index (χ3n) is 4.12. The third kappa shape index (κ3) is 5.39. The van der Waals surface area contributed by atoms with Crippen LogP contribution in [0.3, 0.4) is 0 Å². The van der Waals surface area contributed by atoms with Crippen molar-refractivity contribution in [3.63, 3.8) is 0 Å². The van der Waals surface area contributed by atoms with E-state index >= 15 is 0 Å². The Kier molecular flexibility index (Phi) is 7.31. The van der Waals surface area contributed by atoms with Crippen LogP contribution in [0.25, 0.3) is 11.0 Å². The highest BCUT2D eigenvalue weighted by Gasteiger charge is 2.16. The van der Waals surface area contributed by atoms with E-state index in [1.165, 1.54) is 11.8 Å². The molecule has 0 radical (unpaired) electrons. The van der Waals surface area contributed by atoms with Crippen LogP contribution in [-0.4, -0.2) is 47.5 Å². The molecule has 29 heavy (non-hydrogen) atoms. The van der Waals surface area contributed by atoms with Crippen LogP contribution in [0, 0.1) is 0 Å². The van der Waals surface area contributed by atoms with Crippen molar-refractivity contribution in [3.8, 4) is 0 Å². The van der Waals surface area contributed by atoms with Crippen LogP contribution in [0.2, 0.25) is 0 Å². The molecule has 0 aliphatic rings. The second kappa shape index (κ2) is 10.1.